The molecular formula is C18H17NO3. The van der Waals surface area contributed by atoms with Crippen LogP contribution in [0.2, 0.25) is 0 Å². The van der Waals surface area contributed by atoms with Crippen LogP contribution in [0.25, 0.3) is 6.08 Å². The molecule has 0 aromatic heterocycles. The molecule has 0 aliphatic rings. The van der Waals surface area contributed by atoms with Crippen molar-refractivity contribution in [2.45, 2.75) is 6.92 Å². The van der Waals surface area contributed by atoms with E-state index in [0.717, 1.165) is 5.56 Å². The Labute approximate surface area is 129 Å². The van der Waals surface area contributed by atoms with Gasteiger partial charge in [0.2, 0.25) is 5.91 Å². The normalized spacial score (nSPS) is 10.5. The number of ether oxygens (including phenoxy) is 1. The van der Waals surface area contributed by atoms with Gasteiger partial charge >= 0.3 is 0 Å². The zero-order valence-corrected chi connectivity index (χ0v) is 12.5. The number of benzene rings is 2. The van der Waals surface area contributed by atoms with Crippen LogP contribution in [0.3, 0.4) is 0 Å². The molecule has 0 bridgehead atoms. The van der Waals surface area contributed by atoms with Crippen LogP contribution >= 0.6 is 0 Å². The molecule has 0 radical (unpaired) electrons. The van der Waals surface area contributed by atoms with Crippen molar-refractivity contribution in [2.24, 2.45) is 0 Å². The van der Waals surface area contributed by atoms with E-state index in [9.17, 15) is 9.59 Å². The molecule has 0 saturated carbocycles. The van der Waals surface area contributed by atoms with Crippen LogP contribution in [0.4, 0.5) is 5.69 Å². The van der Waals surface area contributed by atoms with Gasteiger partial charge in [0.25, 0.3) is 0 Å². The highest BCUT2D eigenvalue weighted by Crippen LogP contribution is 2.19. The van der Waals surface area contributed by atoms with Crippen molar-refractivity contribution in [3.63, 3.8) is 0 Å². The molecule has 0 atom stereocenters. The summed E-state index contributed by atoms with van der Waals surface area (Å²) in [4.78, 5) is 23.1. The predicted octanol–water partition coefficient (Wildman–Crippen LogP) is 3.55. The summed E-state index contributed by atoms with van der Waals surface area (Å²) in [6.45, 7) is 1.44. The Morgan fingerprint density at radius 2 is 1.73 bits per heavy atom. The first-order valence-corrected chi connectivity index (χ1v) is 6.83. The highest BCUT2D eigenvalue weighted by molar-refractivity contribution is 6.07. The summed E-state index contributed by atoms with van der Waals surface area (Å²) < 4.78 is 5.23. The third-order valence-corrected chi connectivity index (χ3v) is 3.04. The third-order valence-electron chi connectivity index (χ3n) is 3.04. The number of nitrogens with one attached hydrogen (secondary N) is 1. The average molecular weight is 295 g/mol. The minimum Gasteiger partial charge on any atom is -0.496 e. The first-order chi connectivity index (χ1) is 10.6. The van der Waals surface area contributed by atoms with Crippen molar-refractivity contribution >= 4 is 23.5 Å². The van der Waals surface area contributed by atoms with Gasteiger partial charge in [0.05, 0.1) is 7.11 Å². The molecule has 0 aliphatic carbocycles. The molecule has 0 fully saturated rings. The topological polar surface area (TPSA) is 55.4 Å². The minimum atomic E-state index is -0.143. The number of rotatable bonds is 5. The van der Waals surface area contributed by atoms with Gasteiger partial charge in [0.15, 0.2) is 5.78 Å². The highest BCUT2D eigenvalue weighted by atomic mass is 16.5. The van der Waals surface area contributed by atoms with Crippen LogP contribution < -0.4 is 10.1 Å². The second-order valence-corrected chi connectivity index (χ2v) is 4.70. The van der Waals surface area contributed by atoms with E-state index in [1.165, 1.54) is 13.0 Å². The zero-order valence-electron chi connectivity index (χ0n) is 12.5. The number of anilines is 1. The summed E-state index contributed by atoms with van der Waals surface area (Å²) in [5, 5.41) is 2.66. The molecule has 0 saturated heterocycles. The lowest BCUT2D eigenvalue weighted by atomic mass is 10.1. The number of hydrogen-bond donors (Lipinski definition) is 1. The molecule has 2 rings (SSSR count). The van der Waals surface area contributed by atoms with Crippen LogP contribution in [-0.4, -0.2) is 18.8 Å². The summed E-state index contributed by atoms with van der Waals surface area (Å²) in [5.41, 5.74) is 2.06. The molecule has 1 amide bonds. The van der Waals surface area contributed by atoms with Crippen molar-refractivity contribution in [2.75, 3.05) is 12.4 Å². The molecule has 112 valence electrons. The number of ketones is 1. The maximum Gasteiger partial charge on any atom is 0.221 e. The third kappa shape index (κ3) is 4.06. The van der Waals surface area contributed by atoms with Gasteiger partial charge in [-0.25, -0.2) is 0 Å². The van der Waals surface area contributed by atoms with E-state index in [0.29, 0.717) is 17.0 Å². The van der Waals surface area contributed by atoms with E-state index < -0.39 is 0 Å². The second-order valence-electron chi connectivity index (χ2n) is 4.70. The lowest BCUT2D eigenvalue weighted by Gasteiger charge is -2.04. The Bertz CT molecular complexity index is 703. The zero-order chi connectivity index (χ0) is 15.9. The largest absolute Gasteiger partial charge is 0.496 e. The lowest BCUT2D eigenvalue weighted by molar-refractivity contribution is -0.114. The van der Waals surface area contributed by atoms with Crippen LogP contribution in [0.5, 0.6) is 5.75 Å². The number of carbonyl (C=O) groups excluding carboxylic acids is 2. The second kappa shape index (κ2) is 7.22. The van der Waals surface area contributed by atoms with Crippen LogP contribution in [0.15, 0.2) is 54.6 Å². The molecule has 0 aliphatic heterocycles. The minimum absolute atomic E-state index is 0.111. The van der Waals surface area contributed by atoms with Crippen molar-refractivity contribution in [1.82, 2.24) is 0 Å². The molecule has 2 aromatic carbocycles. The van der Waals surface area contributed by atoms with Gasteiger partial charge in [-0.2, -0.15) is 0 Å². The average Bonchev–Trinajstić information content (AvgIpc) is 2.53. The molecule has 0 spiro atoms. The van der Waals surface area contributed by atoms with Crippen molar-refractivity contribution in [3.8, 4) is 5.75 Å². The van der Waals surface area contributed by atoms with Gasteiger partial charge in [-0.1, -0.05) is 18.2 Å². The van der Waals surface area contributed by atoms with E-state index in [2.05, 4.69) is 5.32 Å². The van der Waals surface area contributed by atoms with Gasteiger partial charge in [0.1, 0.15) is 5.75 Å². The summed E-state index contributed by atoms with van der Waals surface area (Å²) >= 11 is 0. The Balaban J connectivity index is 2.11. The number of hydrogen-bond acceptors (Lipinski definition) is 3. The summed E-state index contributed by atoms with van der Waals surface area (Å²) in [7, 11) is 1.59. The number of carbonyl (C=O) groups is 2. The summed E-state index contributed by atoms with van der Waals surface area (Å²) in [6.07, 6.45) is 3.23. The van der Waals surface area contributed by atoms with E-state index in [1.54, 1.807) is 37.5 Å². The number of methoxy groups -OCH3 is 1. The molecule has 22 heavy (non-hydrogen) atoms. The summed E-state index contributed by atoms with van der Waals surface area (Å²) in [5.74, 6) is 0.461. The fourth-order valence-corrected chi connectivity index (χ4v) is 1.99. The predicted molar refractivity (Wildman–Crippen MR) is 87.1 cm³/mol. The Hall–Kier alpha value is -2.88. The van der Waals surface area contributed by atoms with Gasteiger partial charge in [0, 0.05) is 23.7 Å². The highest BCUT2D eigenvalue weighted by Gasteiger charge is 2.03. The van der Waals surface area contributed by atoms with Crippen LogP contribution in [0, 0.1) is 0 Å². The molecule has 4 heteroatoms. The molecular weight excluding hydrogens is 278 g/mol. The number of para-hydroxylation sites is 1. The first-order valence-electron chi connectivity index (χ1n) is 6.83. The number of amides is 1. The number of allylic oxidation sites excluding steroid dienone is 1. The van der Waals surface area contributed by atoms with Gasteiger partial charge in [-0.3, -0.25) is 9.59 Å². The fraction of sp³-hybridized carbons (Fsp3) is 0.111. The van der Waals surface area contributed by atoms with E-state index in [4.69, 9.17) is 4.74 Å². The van der Waals surface area contributed by atoms with Gasteiger partial charge < -0.3 is 10.1 Å². The molecule has 4 nitrogen and oxygen atoms in total. The van der Waals surface area contributed by atoms with E-state index in [1.807, 2.05) is 24.3 Å². The molecule has 0 heterocycles. The Morgan fingerprint density at radius 3 is 2.36 bits per heavy atom. The monoisotopic (exact) mass is 295 g/mol. The fourth-order valence-electron chi connectivity index (χ4n) is 1.99. The smallest absolute Gasteiger partial charge is 0.221 e. The van der Waals surface area contributed by atoms with Crippen LogP contribution in [-0.2, 0) is 4.79 Å². The maximum absolute atomic E-state index is 12.1. The summed E-state index contributed by atoms with van der Waals surface area (Å²) in [6, 6.07) is 14.2. The molecule has 1 N–H and O–H groups in total. The van der Waals surface area contributed by atoms with Gasteiger partial charge in [-0.05, 0) is 42.5 Å². The standard InChI is InChI=1S/C18H17NO3/c1-13(20)19-16-10-7-14(8-11-16)17(21)12-9-15-5-3-4-6-18(15)22-2/h3-12H,1-2H3,(H,19,20)/b12-9+. The van der Waals surface area contributed by atoms with Gasteiger partial charge in [-0.15, -0.1) is 0 Å². The molecule has 0 unspecified atom stereocenters. The van der Waals surface area contributed by atoms with E-state index >= 15 is 0 Å². The maximum atomic E-state index is 12.1. The molecule has 2 aromatic rings. The quantitative estimate of drug-likeness (QED) is 0.678. The lowest BCUT2D eigenvalue weighted by Crippen LogP contribution is -2.05. The van der Waals surface area contributed by atoms with Crippen LogP contribution in [0.1, 0.15) is 22.8 Å². The van der Waals surface area contributed by atoms with Crippen molar-refractivity contribution in [3.05, 3.63) is 65.7 Å². The first kappa shape index (κ1) is 15.5. The van der Waals surface area contributed by atoms with E-state index in [-0.39, 0.29) is 11.7 Å². The SMILES string of the molecule is COc1ccccc1/C=C/C(=O)c1ccc(NC(C)=O)cc1. The van der Waals surface area contributed by atoms with Crippen molar-refractivity contribution in [1.29, 1.82) is 0 Å². The van der Waals surface area contributed by atoms with Crippen molar-refractivity contribution < 1.29 is 14.3 Å². The Morgan fingerprint density at radius 1 is 1.05 bits per heavy atom. The Kier molecular flexibility index (Phi) is 5.09.